The van der Waals surface area contributed by atoms with Crippen LogP contribution in [0.4, 0.5) is 0 Å². The summed E-state index contributed by atoms with van der Waals surface area (Å²) in [7, 11) is 0. The predicted molar refractivity (Wildman–Crippen MR) is 112 cm³/mol. The van der Waals surface area contributed by atoms with Crippen LogP contribution in [0.15, 0.2) is 38.1 Å². The largest absolute Gasteiger partial charge is 0.480 e. The lowest BCUT2D eigenvalue weighted by molar-refractivity contribution is 0.0688. The summed E-state index contributed by atoms with van der Waals surface area (Å²) in [6, 6.07) is 5.31. The average molecular weight is 458 g/mol. The number of rotatable bonds is 2. The average Bonchev–Trinajstić information content (AvgIpc) is 3.34. The fourth-order valence-corrected chi connectivity index (χ4v) is 4.70. The SMILES string of the molecule is CC(C)(C)[C@@H]1Oc2c(cc(Br)c3ccoc23)-c2c1cc(C(=O)O)c(=O)n2C1CC1. The molecule has 0 amide bonds. The van der Waals surface area contributed by atoms with Gasteiger partial charge in [0.05, 0.1) is 12.0 Å². The molecule has 6 nitrogen and oxygen atoms in total. The van der Waals surface area contributed by atoms with E-state index in [0.29, 0.717) is 11.3 Å². The second kappa shape index (κ2) is 5.98. The maximum Gasteiger partial charge on any atom is 0.341 e. The normalized spacial score (nSPS) is 18.3. The zero-order chi connectivity index (χ0) is 20.7. The number of hydrogen-bond acceptors (Lipinski definition) is 4. The number of furan rings is 1. The fourth-order valence-electron chi connectivity index (χ4n) is 4.16. The molecule has 7 heteroatoms. The van der Waals surface area contributed by atoms with Crippen LogP contribution < -0.4 is 10.3 Å². The van der Waals surface area contributed by atoms with Crippen LogP contribution in [-0.2, 0) is 0 Å². The van der Waals surface area contributed by atoms with Crippen molar-refractivity contribution < 1.29 is 19.1 Å². The number of pyridine rings is 1. The Morgan fingerprint density at radius 3 is 2.62 bits per heavy atom. The summed E-state index contributed by atoms with van der Waals surface area (Å²) in [5.74, 6) is -0.620. The van der Waals surface area contributed by atoms with Gasteiger partial charge >= 0.3 is 5.97 Å². The van der Waals surface area contributed by atoms with Crippen molar-refractivity contribution in [1.82, 2.24) is 4.57 Å². The minimum absolute atomic E-state index is 0.00759. The topological polar surface area (TPSA) is 81.7 Å². The van der Waals surface area contributed by atoms with Gasteiger partial charge in [0.2, 0.25) is 0 Å². The van der Waals surface area contributed by atoms with Crippen molar-refractivity contribution in [3.63, 3.8) is 0 Å². The third kappa shape index (κ3) is 2.67. The quantitative estimate of drug-likeness (QED) is 0.546. The highest BCUT2D eigenvalue weighted by molar-refractivity contribution is 9.10. The van der Waals surface area contributed by atoms with E-state index in [0.717, 1.165) is 39.5 Å². The van der Waals surface area contributed by atoms with Gasteiger partial charge in [-0.3, -0.25) is 4.79 Å². The van der Waals surface area contributed by atoms with E-state index in [9.17, 15) is 14.7 Å². The molecule has 3 heterocycles. The second-order valence-corrected chi connectivity index (χ2v) is 9.69. The van der Waals surface area contributed by atoms with Crippen LogP contribution >= 0.6 is 15.9 Å². The van der Waals surface area contributed by atoms with Gasteiger partial charge in [0, 0.05) is 32.4 Å². The van der Waals surface area contributed by atoms with Crippen LogP contribution in [0.1, 0.15) is 61.7 Å². The van der Waals surface area contributed by atoms with Gasteiger partial charge in [0.25, 0.3) is 5.56 Å². The summed E-state index contributed by atoms with van der Waals surface area (Å²) in [6.45, 7) is 6.12. The minimum atomic E-state index is -1.21. The van der Waals surface area contributed by atoms with Crippen molar-refractivity contribution in [3.8, 4) is 17.0 Å². The Morgan fingerprint density at radius 1 is 1.28 bits per heavy atom. The molecular formula is C22H20BrNO5. The van der Waals surface area contributed by atoms with Gasteiger partial charge in [-0.25, -0.2) is 4.79 Å². The molecule has 3 aromatic rings. The maximum absolute atomic E-state index is 13.1. The van der Waals surface area contributed by atoms with Crippen molar-refractivity contribution in [2.45, 2.75) is 45.8 Å². The minimum Gasteiger partial charge on any atom is -0.480 e. The summed E-state index contributed by atoms with van der Waals surface area (Å²) in [5.41, 5.74) is 1.82. The molecule has 0 saturated heterocycles. The number of benzene rings is 1. The summed E-state index contributed by atoms with van der Waals surface area (Å²) in [6.07, 6.45) is 2.90. The molecule has 0 unspecified atom stereocenters. The third-order valence-corrected chi connectivity index (χ3v) is 6.27. The van der Waals surface area contributed by atoms with E-state index in [4.69, 9.17) is 9.15 Å². The summed E-state index contributed by atoms with van der Waals surface area (Å²) >= 11 is 3.60. The Hall–Kier alpha value is -2.54. The number of halogens is 1. The number of carbonyl (C=O) groups is 1. The number of nitrogens with zero attached hydrogens (tertiary/aromatic N) is 1. The van der Waals surface area contributed by atoms with Gasteiger partial charge in [0.15, 0.2) is 11.3 Å². The van der Waals surface area contributed by atoms with Crippen molar-refractivity contribution in [1.29, 1.82) is 0 Å². The molecule has 1 atom stereocenters. The van der Waals surface area contributed by atoms with Crippen LogP contribution in [0.2, 0.25) is 0 Å². The lowest BCUT2D eigenvalue weighted by atomic mass is 9.80. The highest BCUT2D eigenvalue weighted by Gasteiger charge is 2.41. The smallest absolute Gasteiger partial charge is 0.341 e. The van der Waals surface area contributed by atoms with E-state index < -0.39 is 17.6 Å². The fraction of sp³-hybridized carbons (Fsp3) is 0.364. The molecule has 1 aliphatic carbocycles. The first-order valence-electron chi connectivity index (χ1n) is 9.58. The zero-order valence-electron chi connectivity index (χ0n) is 16.3. The summed E-state index contributed by atoms with van der Waals surface area (Å²) in [4.78, 5) is 25.0. The van der Waals surface area contributed by atoms with E-state index in [2.05, 4.69) is 15.9 Å². The lowest BCUT2D eigenvalue weighted by Gasteiger charge is -2.38. The molecular weight excluding hydrogens is 438 g/mol. The Morgan fingerprint density at radius 2 is 2.00 bits per heavy atom. The molecule has 29 heavy (non-hydrogen) atoms. The maximum atomic E-state index is 13.1. The van der Waals surface area contributed by atoms with Crippen molar-refractivity contribution >= 4 is 32.9 Å². The van der Waals surface area contributed by atoms with Gasteiger partial charge in [-0.1, -0.05) is 36.7 Å². The lowest BCUT2D eigenvalue weighted by Crippen LogP contribution is -2.34. The molecule has 1 fully saturated rings. The first kappa shape index (κ1) is 18.5. The van der Waals surface area contributed by atoms with E-state index in [1.807, 2.05) is 32.9 Å². The van der Waals surface area contributed by atoms with Crippen LogP contribution in [0, 0.1) is 5.41 Å². The van der Waals surface area contributed by atoms with Crippen LogP contribution in [0.25, 0.3) is 22.2 Å². The zero-order valence-corrected chi connectivity index (χ0v) is 17.9. The number of aromatic carboxylic acids is 1. The van der Waals surface area contributed by atoms with Crippen molar-refractivity contribution in [2.75, 3.05) is 0 Å². The molecule has 0 radical (unpaired) electrons. The predicted octanol–water partition coefficient (Wildman–Crippen LogP) is 5.54. The standard InChI is InChI=1S/C22H20BrNO5/c1-22(2,3)19-13-8-14(21(26)27)20(25)24(10-4-5-10)16(13)12-9-15(23)11-6-7-28-17(11)18(12)29-19/h6-10,19H,4-5H2,1-3H3,(H,26,27)/t19-/m1/s1. The van der Waals surface area contributed by atoms with Crippen LogP contribution in [-0.4, -0.2) is 15.6 Å². The number of carboxylic acid groups (broad SMARTS) is 1. The van der Waals surface area contributed by atoms with E-state index in [1.54, 1.807) is 10.8 Å². The monoisotopic (exact) mass is 457 g/mol. The molecule has 150 valence electrons. The highest BCUT2D eigenvalue weighted by Crippen LogP contribution is 2.53. The van der Waals surface area contributed by atoms with Crippen molar-refractivity contribution in [2.24, 2.45) is 5.41 Å². The Labute approximate surface area is 175 Å². The highest BCUT2D eigenvalue weighted by atomic mass is 79.9. The van der Waals surface area contributed by atoms with Gasteiger partial charge in [0.1, 0.15) is 11.7 Å². The van der Waals surface area contributed by atoms with Crippen LogP contribution in [0.5, 0.6) is 5.75 Å². The molecule has 5 rings (SSSR count). The molecule has 1 aromatic carbocycles. The number of fused-ring (bicyclic) bond motifs is 5. The first-order chi connectivity index (χ1) is 13.7. The van der Waals surface area contributed by atoms with Gasteiger partial charge in [-0.2, -0.15) is 0 Å². The molecule has 1 saturated carbocycles. The number of carboxylic acids is 1. The second-order valence-electron chi connectivity index (χ2n) is 8.84. The summed E-state index contributed by atoms with van der Waals surface area (Å²) in [5, 5.41) is 10.6. The molecule has 2 aliphatic rings. The van der Waals surface area contributed by atoms with E-state index in [1.165, 1.54) is 6.07 Å². The molecule has 0 bridgehead atoms. The molecule has 1 N–H and O–H groups in total. The first-order valence-corrected chi connectivity index (χ1v) is 10.4. The number of hydrogen-bond donors (Lipinski definition) is 1. The summed E-state index contributed by atoms with van der Waals surface area (Å²) < 4.78 is 14.7. The van der Waals surface area contributed by atoms with E-state index >= 15 is 0 Å². The third-order valence-electron chi connectivity index (χ3n) is 5.61. The number of aromatic nitrogens is 1. The Kier molecular flexibility index (Phi) is 3.81. The van der Waals surface area contributed by atoms with Gasteiger partial charge in [-0.15, -0.1) is 0 Å². The van der Waals surface area contributed by atoms with E-state index in [-0.39, 0.29) is 17.0 Å². The number of ether oxygens (including phenoxy) is 1. The molecule has 2 aromatic heterocycles. The van der Waals surface area contributed by atoms with Gasteiger partial charge in [-0.05, 0) is 31.0 Å². The molecule has 1 aliphatic heterocycles. The van der Waals surface area contributed by atoms with Gasteiger partial charge < -0.3 is 18.8 Å². The van der Waals surface area contributed by atoms with Crippen LogP contribution in [0.3, 0.4) is 0 Å². The Balaban J connectivity index is 1.95. The Bertz CT molecular complexity index is 1240. The van der Waals surface area contributed by atoms with Crippen molar-refractivity contribution in [3.05, 3.63) is 50.4 Å². The molecule has 0 spiro atoms.